The van der Waals surface area contributed by atoms with Gasteiger partial charge >= 0.3 is 0 Å². The summed E-state index contributed by atoms with van der Waals surface area (Å²) in [5.41, 5.74) is 7.23. The van der Waals surface area contributed by atoms with Crippen LogP contribution in [0.1, 0.15) is 44.6 Å². The Morgan fingerprint density at radius 3 is 2.75 bits per heavy atom. The summed E-state index contributed by atoms with van der Waals surface area (Å²) in [6.07, 6.45) is 6.16. The number of hydrogen-bond donors (Lipinski definition) is 1. The van der Waals surface area contributed by atoms with Gasteiger partial charge in [0.25, 0.3) is 0 Å². The standard InChI is InChI=1S/C17H28N2O/c1-2-3-12-20-17-9-7-15(8-10-17)14-19-11-5-4-6-16(19)13-18/h7-10,16H,2-6,11-14,18H2,1H3. The van der Waals surface area contributed by atoms with E-state index in [1.165, 1.54) is 37.8 Å². The molecule has 1 atom stereocenters. The predicted molar refractivity (Wildman–Crippen MR) is 83.9 cm³/mol. The summed E-state index contributed by atoms with van der Waals surface area (Å²) < 4.78 is 5.70. The topological polar surface area (TPSA) is 38.5 Å². The third-order valence-electron chi connectivity index (χ3n) is 4.10. The lowest BCUT2D eigenvalue weighted by atomic mass is 10.0. The SMILES string of the molecule is CCCCOc1ccc(CN2CCCCC2CN)cc1. The van der Waals surface area contributed by atoms with Crippen molar-refractivity contribution in [2.75, 3.05) is 19.7 Å². The van der Waals surface area contributed by atoms with E-state index in [-0.39, 0.29) is 0 Å². The number of ether oxygens (including phenoxy) is 1. The largest absolute Gasteiger partial charge is 0.494 e. The van der Waals surface area contributed by atoms with Gasteiger partial charge in [-0.15, -0.1) is 0 Å². The van der Waals surface area contributed by atoms with E-state index in [0.29, 0.717) is 6.04 Å². The van der Waals surface area contributed by atoms with Crippen LogP contribution in [0.2, 0.25) is 0 Å². The smallest absolute Gasteiger partial charge is 0.119 e. The van der Waals surface area contributed by atoms with Gasteiger partial charge in [0.2, 0.25) is 0 Å². The summed E-state index contributed by atoms with van der Waals surface area (Å²) in [7, 11) is 0. The monoisotopic (exact) mass is 276 g/mol. The molecule has 1 aliphatic rings. The first kappa shape index (κ1) is 15.3. The lowest BCUT2D eigenvalue weighted by Gasteiger charge is -2.35. The van der Waals surface area contributed by atoms with Crippen LogP contribution < -0.4 is 10.5 Å². The minimum atomic E-state index is 0.559. The molecule has 0 amide bonds. The molecule has 2 rings (SSSR count). The van der Waals surface area contributed by atoms with Crippen molar-refractivity contribution in [2.24, 2.45) is 5.73 Å². The van der Waals surface area contributed by atoms with Crippen molar-refractivity contribution < 1.29 is 4.74 Å². The van der Waals surface area contributed by atoms with E-state index in [1.807, 2.05) is 0 Å². The fourth-order valence-electron chi connectivity index (χ4n) is 2.80. The highest BCUT2D eigenvalue weighted by Gasteiger charge is 2.20. The van der Waals surface area contributed by atoms with E-state index in [2.05, 4.69) is 36.1 Å². The molecule has 20 heavy (non-hydrogen) atoms. The van der Waals surface area contributed by atoms with Crippen molar-refractivity contribution in [2.45, 2.75) is 51.6 Å². The van der Waals surface area contributed by atoms with Gasteiger partial charge in [-0.05, 0) is 43.5 Å². The zero-order chi connectivity index (χ0) is 14.2. The highest BCUT2D eigenvalue weighted by atomic mass is 16.5. The van der Waals surface area contributed by atoms with Crippen molar-refractivity contribution in [3.05, 3.63) is 29.8 Å². The van der Waals surface area contributed by atoms with Crippen molar-refractivity contribution >= 4 is 0 Å². The lowest BCUT2D eigenvalue weighted by molar-refractivity contribution is 0.145. The number of piperidine rings is 1. The molecular formula is C17H28N2O. The van der Waals surface area contributed by atoms with Crippen molar-refractivity contribution in [3.8, 4) is 5.75 Å². The zero-order valence-corrected chi connectivity index (χ0v) is 12.7. The van der Waals surface area contributed by atoms with Crippen LogP contribution in [0.3, 0.4) is 0 Å². The second-order valence-electron chi connectivity index (χ2n) is 5.70. The zero-order valence-electron chi connectivity index (χ0n) is 12.7. The summed E-state index contributed by atoms with van der Waals surface area (Å²) in [6.45, 7) is 5.96. The van der Waals surface area contributed by atoms with Crippen molar-refractivity contribution in [1.82, 2.24) is 4.90 Å². The first-order valence-electron chi connectivity index (χ1n) is 7.99. The molecule has 1 aromatic carbocycles. The Bertz CT molecular complexity index is 377. The molecule has 0 spiro atoms. The molecule has 1 unspecified atom stereocenters. The van der Waals surface area contributed by atoms with E-state index < -0.39 is 0 Å². The second-order valence-corrected chi connectivity index (χ2v) is 5.70. The molecular weight excluding hydrogens is 248 g/mol. The minimum absolute atomic E-state index is 0.559. The van der Waals surface area contributed by atoms with Crippen LogP contribution >= 0.6 is 0 Å². The fraction of sp³-hybridized carbons (Fsp3) is 0.647. The van der Waals surface area contributed by atoms with Crippen LogP contribution in [0.15, 0.2) is 24.3 Å². The number of unbranched alkanes of at least 4 members (excludes halogenated alkanes) is 1. The summed E-state index contributed by atoms with van der Waals surface area (Å²) in [5, 5.41) is 0. The molecule has 3 nitrogen and oxygen atoms in total. The molecule has 1 saturated heterocycles. The Labute approximate surface area is 123 Å². The van der Waals surface area contributed by atoms with Gasteiger partial charge < -0.3 is 10.5 Å². The van der Waals surface area contributed by atoms with Gasteiger partial charge in [-0.3, -0.25) is 4.90 Å². The highest BCUT2D eigenvalue weighted by Crippen LogP contribution is 2.20. The molecule has 1 aliphatic heterocycles. The molecule has 0 aromatic heterocycles. The van der Waals surface area contributed by atoms with E-state index in [0.717, 1.165) is 31.9 Å². The molecule has 0 radical (unpaired) electrons. The van der Waals surface area contributed by atoms with Crippen LogP contribution in [0, 0.1) is 0 Å². The number of likely N-dealkylation sites (tertiary alicyclic amines) is 1. The number of rotatable bonds is 7. The maximum absolute atomic E-state index is 5.88. The quantitative estimate of drug-likeness (QED) is 0.777. The van der Waals surface area contributed by atoms with E-state index in [9.17, 15) is 0 Å². The van der Waals surface area contributed by atoms with Crippen LogP contribution in [0.4, 0.5) is 0 Å². The van der Waals surface area contributed by atoms with Gasteiger partial charge in [0.1, 0.15) is 5.75 Å². The molecule has 112 valence electrons. The number of nitrogens with two attached hydrogens (primary N) is 1. The van der Waals surface area contributed by atoms with Crippen molar-refractivity contribution in [1.29, 1.82) is 0 Å². The predicted octanol–water partition coefficient (Wildman–Crippen LogP) is 3.18. The Morgan fingerprint density at radius 2 is 2.05 bits per heavy atom. The van der Waals surface area contributed by atoms with Crippen molar-refractivity contribution in [3.63, 3.8) is 0 Å². The molecule has 1 fully saturated rings. The van der Waals surface area contributed by atoms with E-state index in [4.69, 9.17) is 10.5 Å². The van der Waals surface area contributed by atoms with Crippen LogP contribution in [0.5, 0.6) is 5.75 Å². The van der Waals surface area contributed by atoms with Gasteiger partial charge in [0.05, 0.1) is 6.61 Å². The first-order valence-corrected chi connectivity index (χ1v) is 7.99. The van der Waals surface area contributed by atoms with Gasteiger partial charge in [-0.2, -0.15) is 0 Å². The molecule has 3 heteroatoms. The Hall–Kier alpha value is -1.06. The van der Waals surface area contributed by atoms with Gasteiger partial charge in [0, 0.05) is 19.1 Å². The maximum atomic E-state index is 5.88. The Balaban J connectivity index is 1.86. The summed E-state index contributed by atoms with van der Waals surface area (Å²) in [5.74, 6) is 0.983. The van der Waals surface area contributed by atoms with Gasteiger partial charge in [-0.1, -0.05) is 31.9 Å². The van der Waals surface area contributed by atoms with E-state index in [1.54, 1.807) is 0 Å². The van der Waals surface area contributed by atoms with Gasteiger partial charge in [-0.25, -0.2) is 0 Å². The van der Waals surface area contributed by atoms with E-state index >= 15 is 0 Å². The van der Waals surface area contributed by atoms with Gasteiger partial charge in [0.15, 0.2) is 0 Å². The third-order valence-corrected chi connectivity index (χ3v) is 4.10. The van der Waals surface area contributed by atoms with Crippen LogP contribution in [-0.2, 0) is 6.54 Å². The fourth-order valence-corrected chi connectivity index (χ4v) is 2.80. The average Bonchev–Trinajstić information content (AvgIpc) is 2.50. The molecule has 1 heterocycles. The first-order chi connectivity index (χ1) is 9.83. The summed E-state index contributed by atoms with van der Waals surface area (Å²) in [4.78, 5) is 2.52. The average molecular weight is 276 g/mol. The van der Waals surface area contributed by atoms with Crippen LogP contribution in [0.25, 0.3) is 0 Å². The summed E-state index contributed by atoms with van der Waals surface area (Å²) >= 11 is 0. The molecule has 0 saturated carbocycles. The normalized spacial score (nSPS) is 20.0. The number of benzene rings is 1. The third kappa shape index (κ3) is 4.50. The minimum Gasteiger partial charge on any atom is -0.494 e. The number of hydrogen-bond acceptors (Lipinski definition) is 3. The molecule has 1 aromatic rings. The highest BCUT2D eigenvalue weighted by molar-refractivity contribution is 5.27. The molecule has 0 bridgehead atoms. The molecule has 2 N–H and O–H groups in total. The lowest BCUT2D eigenvalue weighted by Crippen LogP contribution is -2.43. The number of nitrogens with zero attached hydrogens (tertiary/aromatic N) is 1. The Morgan fingerprint density at radius 1 is 1.25 bits per heavy atom. The summed E-state index contributed by atoms with van der Waals surface area (Å²) in [6, 6.07) is 9.11. The second kappa shape index (κ2) is 8.28. The Kier molecular flexibility index (Phi) is 6.34. The van der Waals surface area contributed by atoms with Crippen LogP contribution in [-0.4, -0.2) is 30.6 Å². The maximum Gasteiger partial charge on any atom is 0.119 e. The molecule has 0 aliphatic carbocycles.